The molecule has 1 aliphatic carbocycles. The number of nitrogens with two attached hydrogens (primary N) is 1. The van der Waals surface area contributed by atoms with Gasteiger partial charge in [-0.15, -0.1) is 11.3 Å². The van der Waals surface area contributed by atoms with Crippen LogP contribution in [0.2, 0.25) is 0 Å². The summed E-state index contributed by atoms with van der Waals surface area (Å²) in [5.41, 5.74) is 6.27. The van der Waals surface area contributed by atoms with E-state index in [2.05, 4.69) is 16.6 Å². The topological polar surface area (TPSA) is 68.0 Å². The molecule has 0 aliphatic heterocycles. The molecule has 1 aromatic heterocycles. The summed E-state index contributed by atoms with van der Waals surface area (Å²) in [5.74, 6) is -0.0767. The quantitative estimate of drug-likeness (QED) is 0.877. The van der Waals surface area contributed by atoms with Crippen LogP contribution in [-0.4, -0.2) is 28.4 Å². The zero-order valence-corrected chi connectivity index (χ0v) is 13.8. The minimum Gasteiger partial charge on any atom is -0.349 e. The van der Waals surface area contributed by atoms with Gasteiger partial charge in [0.2, 0.25) is 0 Å². The van der Waals surface area contributed by atoms with Gasteiger partial charge in [0, 0.05) is 16.7 Å². The van der Waals surface area contributed by atoms with Crippen LogP contribution in [0.4, 0.5) is 0 Å². The molecule has 1 fully saturated rings. The largest absolute Gasteiger partial charge is 0.349 e. The number of thioether (sulfide) groups is 1. The SMILES string of the molecule is CSC1(CNC(=O)c2csc(C(C)N)n2)CCCCC1. The number of nitrogens with zero attached hydrogens (tertiary/aromatic N) is 1. The third-order valence-corrected chi connectivity index (χ3v) is 6.38. The van der Waals surface area contributed by atoms with Gasteiger partial charge in [0.15, 0.2) is 0 Å². The maximum Gasteiger partial charge on any atom is 0.270 e. The third-order valence-electron chi connectivity index (χ3n) is 3.91. The number of nitrogens with one attached hydrogen (secondary N) is 1. The number of aromatic nitrogens is 1. The summed E-state index contributed by atoms with van der Waals surface area (Å²) in [6, 6.07) is -0.113. The third kappa shape index (κ3) is 3.74. The van der Waals surface area contributed by atoms with E-state index in [1.807, 2.05) is 18.7 Å². The molecule has 0 saturated heterocycles. The van der Waals surface area contributed by atoms with Crippen LogP contribution in [0.1, 0.15) is 60.6 Å². The molecule has 4 nitrogen and oxygen atoms in total. The lowest BCUT2D eigenvalue weighted by Crippen LogP contribution is -2.41. The highest BCUT2D eigenvalue weighted by Gasteiger charge is 2.31. The Morgan fingerprint density at radius 3 is 2.80 bits per heavy atom. The summed E-state index contributed by atoms with van der Waals surface area (Å²) in [7, 11) is 0. The Balaban J connectivity index is 1.93. The Morgan fingerprint density at radius 1 is 1.55 bits per heavy atom. The number of rotatable bonds is 5. The van der Waals surface area contributed by atoms with E-state index in [0.717, 1.165) is 11.6 Å². The summed E-state index contributed by atoms with van der Waals surface area (Å²) < 4.78 is 0.216. The van der Waals surface area contributed by atoms with Crippen molar-refractivity contribution >= 4 is 29.0 Å². The molecule has 1 atom stereocenters. The first-order valence-corrected chi connectivity index (χ1v) is 9.21. The lowest BCUT2D eigenvalue weighted by Gasteiger charge is -2.35. The fraction of sp³-hybridized carbons (Fsp3) is 0.714. The van der Waals surface area contributed by atoms with Crippen LogP contribution >= 0.6 is 23.1 Å². The minimum absolute atomic E-state index is 0.0767. The highest BCUT2D eigenvalue weighted by atomic mass is 32.2. The predicted molar refractivity (Wildman–Crippen MR) is 86.4 cm³/mol. The van der Waals surface area contributed by atoms with Gasteiger partial charge in [0.1, 0.15) is 10.7 Å². The van der Waals surface area contributed by atoms with Gasteiger partial charge in [-0.3, -0.25) is 4.79 Å². The van der Waals surface area contributed by atoms with E-state index in [-0.39, 0.29) is 16.7 Å². The number of carbonyl (C=O) groups is 1. The lowest BCUT2D eigenvalue weighted by molar-refractivity contribution is 0.0942. The van der Waals surface area contributed by atoms with Crippen LogP contribution < -0.4 is 11.1 Å². The predicted octanol–water partition coefficient (Wildman–Crippen LogP) is 2.96. The maximum atomic E-state index is 12.2. The maximum absolute atomic E-state index is 12.2. The molecule has 1 aliphatic rings. The van der Waals surface area contributed by atoms with E-state index >= 15 is 0 Å². The zero-order chi connectivity index (χ0) is 14.6. The highest BCUT2D eigenvalue weighted by Crippen LogP contribution is 2.38. The molecule has 20 heavy (non-hydrogen) atoms. The molecule has 0 spiro atoms. The van der Waals surface area contributed by atoms with Crippen LogP contribution in [0.25, 0.3) is 0 Å². The zero-order valence-electron chi connectivity index (χ0n) is 12.1. The first-order chi connectivity index (χ1) is 9.56. The summed E-state index contributed by atoms with van der Waals surface area (Å²) in [5, 5.41) is 5.66. The molecule has 3 N–H and O–H groups in total. The fourth-order valence-electron chi connectivity index (χ4n) is 2.58. The fourth-order valence-corrected chi connectivity index (χ4v) is 4.25. The van der Waals surface area contributed by atoms with Crippen LogP contribution in [-0.2, 0) is 0 Å². The second kappa shape index (κ2) is 6.91. The van der Waals surface area contributed by atoms with Crippen LogP contribution in [0.3, 0.4) is 0 Å². The second-order valence-electron chi connectivity index (χ2n) is 5.49. The van der Waals surface area contributed by atoms with Crippen molar-refractivity contribution in [1.82, 2.24) is 10.3 Å². The number of hydrogen-bond acceptors (Lipinski definition) is 5. The second-order valence-corrected chi connectivity index (χ2v) is 7.65. The van der Waals surface area contributed by atoms with Gasteiger partial charge in [-0.1, -0.05) is 19.3 Å². The molecule has 1 aromatic rings. The summed E-state index contributed by atoms with van der Waals surface area (Å²) >= 11 is 3.34. The molecular formula is C14H23N3OS2. The van der Waals surface area contributed by atoms with Crippen molar-refractivity contribution < 1.29 is 4.79 Å². The summed E-state index contributed by atoms with van der Waals surface area (Å²) in [4.78, 5) is 16.5. The van der Waals surface area contributed by atoms with E-state index in [9.17, 15) is 4.79 Å². The van der Waals surface area contributed by atoms with Gasteiger partial charge in [-0.25, -0.2) is 4.98 Å². The van der Waals surface area contributed by atoms with Gasteiger partial charge in [-0.05, 0) is 26.0 Å². The Bertz CT molecular complexity index is 453. The molecule has 0 radical (unpaired) electrons. The number of thiazole rings is 1. The van der Waals surface area contributed by atoms with Crippen molar-refractivity contribution in [3.05, 3.63) is 16.1 Å². The van der Waals surface area contributed by atoms with Gasteiger partial charge >= 0.3 is 0 Å². The van der Waals surface area contributed by atoms with E-state index in [4.69, 9.17) is 5.73 Å². The van der Waals surface area contributed by atoms with Crippen molar-refractivity contribution in [3.63, 3.8) is 0 Å². The van der Waals surface area contributed by atoms with E-state index in [1.54, 1.807) is 5.38 Å². The van der Waals surface area contributed by atoms with Gasteiger partial charge in [0.25, 0.3) is 5.91 Å². The van der Waals surface area contributed by atoms with Gasteiger partial charge in [0.05, 0.1) is 6.04 Å². The van der Waals surface area contributed by atoms with Gasteiger partial charge < -0.3 is 11.1 Å². The van der Waals surface area contributed by atoms with E-state index in [1.165, 1.54) is 43.4 Å². The van der Waals surface area contributed by atoms with Crippen molar-refractivity contribution in [1.29, 1.82) is 0 Å². The van der Waals surface area contributed by atoms with Crippen molar-refractivity contribution in [2.24, 2.45) is 5.73 Å². The monoisotopic (exact) mass is 313 g/mol. The van der Waals surface area contributed by atoms with E-state index in [0.29, 0.717) is 5.69 Å². The molecule has 0 aromatic carbocycles. The average molecular weight is 313 g/mol. The van der Waals surface area contributed by atoms with Crippen molar-refractivity contribution in [2.45, 2.75) is 49.8 Å². The Labute approximate surface area is 128 Å². The molecule has 1 heterocycles. The molecule has 1 amide bonds. The number of carbonyl (C=O) groups excluding carboxylic acids is 1. The minimum atomic E-state index is -0.113. The lowest BCUT2D eigenvalue weighted by atomic mass is 9.88. The molecule has 1 saturated carbocycles. The number of amides is 1. The highest BCUT2D eigenvalue weighted by molar-refractivity contribution is 8.00. The number of hydrogen-bond donors (Lipinski definition) is 2. The normalized spacial score (nSPS) is 19.6. The van der Waals surface area contributed by atoms with Gasteiger partial charge in [-0.2, -0.15) is 11.8 Å². The Hall–Kier alpha value is -0.590. The first kappa shape index (κ1) is 15.8. The average Bonchev–Trinajstić information content (AvgIpc) is 2.96. The molecule has 2 rings (SSSR count). The molecular weight excluding hydrogens is 290 g/mol. The smallest absolute Gasteiger partial charge is 0.270 e. The summed E-state index contributed by atoms with van der Waals surface area (Å²) in [6.07, 6.45) is 8.38. The molecule has 1 unspecified atom stereocenters. The molecule has 6 heteroatoms. The standard InChI is InChI=1S/C14H23N3OS2/c1-10(15)13-17-11(8-20-13)12(18)16-9-14(19-2)6-4-3-5-7-14/h8,10H,3-7,9,15H2,1-2H3,(H,16,18). The van der Waals surface area contributed by atoms with E-state index < -0.39 is 0 Å². The first-order valence-electron chi connectivity index (χ1n) is 7.11. The van der Waals surface area contributed by atoms with Crippen molar-refractivity contribution in [2.75, 3.05) is 12.8 Å². The van der Waals surface area contributed by atoms with Crippen molar-refractivity contribution in [3.8, 4) is 0 Å². The summed E-state index contributed by atoms with van der Waals surface area (Å²) in [6.45, 7) is 2.61. The Morgan fingerprint density at radius 2 is 2.25 bits per heavy atom. The molecule has 112 valence electrons. The van der Waals surface area contributed by atoms with Crippen LogP contribution in [0.15, 0.2) is 5.38 Å². The Kier molecular flexibility index (Phi) is 5.46. The van der Waals surface area contributed by atoms with Crippen LogP contribution in [0.5, 0.6) is 0 Å². The molecule has 0 bridgehead atoms. The van der Waals surface area contributed by atoms with Crippen LogP contribution in [0, 0.1) is 0 Å².